The fourth-order valence-corrected chi connectivity index (χ4v) is 4.54. The Bertz CT molecular complexity index is 691. The predicted molar refractivity (Wildman–Crippen MR) is 83.0 cm³/mol. The Morgan fingerprint density at radius 1 is 1.29 bits per heavy atom. The second-order valence-corrected chi connectivity index (χ2v) is 7.72. The summed E-state index contributed by atoms with van der Waals surface area (Å²) in [5, 5.41) is 8.84. The summed E-state index contributed by atoms with van der Waals surface area (Å²) in [4.78, 5) is 11.5. The molecule has 1 aliphatic heterocycles. The first-order chi connectivity index (χ1) is 11.2. The van der Waals surface area contributed by atoms with E-state index in [0.29, 0.717) is 19.3 Å². The SMILES string of the molecule is CN(CC(=O)O)C1CCCN(S(=O)(=O)c2c(F)cccc2F)CC1. The van der Waals surface area contributed by atoms with Gasteiger partial charge in [-0.25, -0.2) is 17.2 Å². The summed E-state index contributed by atoms with van der Waals surface area (Å²) in [6.07, 6.45) is 1.51. The fraction of sp³-hybridized carbons (Fsp3) is 0.533. The van der Waals surface area contributed by atoms with Crippen LogP contribution < -0.4 is 0 Å². The first-order valence-corrected chi connectivity index (χ1v) is 9.03. The van der Waals surface area contributed by atoms with Gasteiger partial charge in [-0.2, -0.15) is 4.31 Å². The zero-order valence-corrected chi connectivity index (χ0v) is 14.1. The molecule has 1 aliphatic rings. The summed E-state index contributed by atoms with van der Waals surface area (Å²) in [6, 6.07) is 2.85. The summed E-state index contributed by atoms with van der Waals surface area (Å²) in [5.74, 6) is -3.18. The minimum atomic E-state index is -4.27. The van der Waals surface area contributed by atoms with E-state index in [1.807, 2.05) is 0 Å². The molecule has 1 unspecified atom stereocenters. The number of benzene rings is 1. The van der Waals surface area contributed by atoms with Gasteiger partial charge >= 0.3 is 5.97 Å². The van der Waals surface area contributed by atoms with Crippen molar-refractivity contribution >= 4 is 16.0 Å². The van der Waals surface area contributed by atoms with Gasteiger partial charge in [0.25, 0.3) is 0 Å². The molecule has 1 fully saturated rings. The zero-order valence-electron chi connectivity index (χ0n) is 13.3. The highest BCUT2D eigenvalue weighted by Crippen LogP contribution is 2.26. The van der Waals surface area contributed by atoms with Crippen LogP contribution in [0.5, 0.6) is 0 Å². The molecule has 9 heteroatoms. The van der Waals surface area contributed by atoms with E-state index in [1.54, 1.807) is 11.9 Å². The Balaban J connectivity index is 2.17. The maximum absolute atomic E-state index is 13.8. The van der Waals surface area contributed by atoms with Gasteiger partial charge in [0.2, 0.25) is 10.0 Å². The van der Waals surface area contributed by atoms with Gasteiger partial charge in [0.05, 0.1) is 6.54 Å². The lowest BCUT2D eigenvalue weighted by Gasteiger charge is -2.25. The van der Waals surface area contributed by atoms with Crippen molar-refractivity contribution in [1.82, 2.24) is 9.21 Å². The highest BCUT2D eigenvalue weighted by atomic mass is 32.2. The Morgan fingerprint density at radius 2 is 1.92 bits per heavy atom. The number of hydrogen-bond donors (Lipinski definition) is 1. The van der Waals surface area contributed by atoms with Crippen LogP contribution in [-0.2, 0) is 14.8 Å². The highest BCUT2D eigenvalue weighted by Gasteiger charge is 2.33. The van der Waals surface area contributed by atoms with Gasteiger partial charge in [-0.05, 0) is 38.4 Å². The lowest BCUT2D eigenvalue weighted by molar-refractivity contribution is -0.138. The molecule has 0 spiro atoms. The van der Waals surface area contributed by atoms with Crippen LogP contribution in [-0.4, -0.2) is 61.4 Å². The van der Waals surface area contributed by atoms with Crippen LogP contribution in [0.2, 0.25) is 0 Å². The van der Waals surface area contributed by atoms with Crippen LogP contribution in [0.15, 0.2) is 23.1 Å². The van der Waals surface area contributed by atoms with Crippen LogP contribution in [0, 0.1) is 11.6 Å². The monoisotopic (exact) mass is 362 g/mol. The van der Waals surface area contributed by atoms with Crippen molar-refractivity contribution in [2.75, 3.05) is 26.7 Å². The Hall–Kier alpha value is -1.58. The second kappa shape index (κ2) is 7.54. The summed E-state index contributed by atoms with van der Waals surface area (Å²) in [6.45, 7) is 0.0949. The van der Waals surface area contributed by atoms with E-state index < -0.39 is 32.5 Å². The van der Waals surface area contributed by atoms with Crippen LogP contribution >= 0.6 is 0 Å². The van der Waals surface area contributed by atoms with Crippen molar-refractivity contribution in [1.29, 1.82) is 0 Å². The smallest absolute Gasteiger partial charge is 0.317 e. The molecule has 6 nitrogen and oxygen atoms in total. The highest BCUT2D eigenvalue weighted by molar-refractivity contribution is 7.89. The molecule has 1 saturated heterocycles. The van der Waals surface area contributed by atoms with Crippen molar-refractivity contribution in [2.45, 2.75) is 30.2 Å². The number of hydrogen-bond acceptors (Lipinski definition) is 4. The van der Waals surface area contributed by atoms with Crippen LogP contribution in [0.4, 0.5) is 8.78 Å². The molecule has 1 aromatic rings. The molecule has 0 amide bonds. The number of carbonyl (C=O) groups is 1. The van der Waals surface area contributed by atoms with E-state index in [4.69, 9.17) is 5.11 Å². The molecule has 1 aromatic carbocycles. The first-order valence-electron chi connectivity index (χ1n) is 7.59. The van der Waals surface area contributed by atoms with Gasteiger partial charge in [-0.1, -0.05) is 6.07 Å². The molecule has 0 saturated carbocycles. The molecule has 0 bridgehead atoms. The van der Waals surface area contributed by atoms with E-state index in [2.05, 4.69) is 0 Å². The van der Waals surface area contributed by atoms with Gasteiger partial charge in [-0.15, -0.1) is 0 Å². The number of carboxylic acid groups (broad SMARTS) is 1. The number of sulfonamides is 1. The maximum atomic E-state index is 13.8. The molecular weight excluding hydrogens is 342 g/mol. The van der Waals surface area contributed by atoms with Gasteiger partial charge < -0.3 is 5.11 Å². The third-order valence-electron chi connectivity index (χ3n) is 4.18. The van der Waals surface area contributed by atoms with Gasteiger partial charge in [-0.3, -0.25) is 9.69 Å². The number of halogens is 2. The van der Waals surface area contributed by atoms with Crippen LogP contribution in [0.1, 0.15) is 19.3 Å². The van der Waals surface area contributed by atoms with Crippen molar-refractivity contribution in [3.05, 3.63) is 29.8 Å². The Kier molecular flexibility index (Phi) is 5.89. The van der Waals surface area contributed by atoms with Crippen molar-refractivity contribution < 1.29 is 27.1 Å². The number of rotatable bonds is 5. The Labute approximate surface area is 139 Å². The predicted octanol–water partition coefficient (Wildman–Crippen LogP) is 1.52. The quantitative estimate of drug-likeness (QED) is 0.859. The number of likely N-dealkylation sites (N-methyl/N-ethyl adjacent to an activating group) is 1. The minimum Gasteiger partial charge on any atom is -0.480 e. The molecule has 1 N–H and O–H groups in total. The molecule has 0 aromatic heterocycles. The molecule has 1 atom stereocenters. The number of aliphatic carboxylic acids is 1. The molecule has 2 rings (SSSR count). The van der Waals surface area contributed by atoms with E-state index >= 15 is 0 Å². The lowest BCUT2D eigenvalue weighted by Crippen LogP contribution is -2.37. The lowest BCUT2D eigenvalue weighted by atomic mass is 10.1. The molecule has 0 radical (unpaired) electrons. The van der Waals surface area contributed by atoms with Gasteiger partial charge in [0, 0.05) is 19.1 Å². The average Bonchev–Trinajstić information content (AvgIpc) is 2.72. The van der Waals surface area contributed by atoms with Crippen LogP contribution in [0.25, 0.3) is 0 Å². The standard InChI is InChI=1S/C15H20F2N2O4S/c1-18(10-14(20)21)11-4-3-8-19(9-7-11)24(22,23)15-12(16)5-2-6-13(15)17/h2,5-6,11H,3-4,7-10H2,1H3,(H,20,21). The minimum absolute atomic E-state index is 0.0880. The van der Waals surface area contributed by atoms with Crippen molar-refractivity contribution in [3.63, 3.8) is 0 Å². The molecule has 134 valence electrons. The van der Waals surface area contributed by atoms with E-state index in [1.165, 1.54) is 0 Å². The zero-order chi connectivity index (χ0) is 17.9. The second-order valence-electron chi connectivity index (χ2n) is 5.85. The average molecular weight is 362 g/mol. The number of carboxylic acids is 1. The van der Waals surface area contributed by atoms with E-state index in [0.717, 1.165) is 22.5 Å². The molecular formula is C15H20F2N2O4S. The third kappa shape index (κ3) is 4.08. The first kappa shape index (κ1) is 18.8. The van der Waals surface area contributed by atoms with E-state index in [9.17, 15) is 22.0 Å². The topological polar surface area (TPSA) is 77.9 Å². The molecule has 1 heterocycles. The normalized spacial score (nSPS) is 20.1. The van der Waals surface area contributed by atoms with Gasteiger partial charge in [0.15, 0.2) is 4.90 Å². The largest absolute Gasteiger partial charge is 0.480 e. The third-order valence-corrected chi connectivity index (χ3v) is 6.13. The van der Waals surface area contributed by atoms with Gasteiger partial charge in [0.1, 0.15) is 11.6 Å². The molecule has 24 heavy (non-hydrogen) atoms. The molecule has 0 aliphatic carbocycles. The maximum Gasteiger partial charge on any atom is 0.317 e. The van der Waals surface area contributed by atoms with Crippen molar-refractivity contribution in [2.24, 2.45) is 0 Å². The Morgan fingerprint density at radius 3 is 2.50 bits per heavy atom. The summed E-state index contributed by atoms with van der Waals surface area (Å²) in [5.41, 5.74) is 0. The fourth-order valence-electron chi connectivity index (χ4n) is 2.93. The summed E-state index contributed by atoms with van der Waals surface area (Å²) < 4.78 is 53.9. The summed E-state index contributed by atoms with van der Waals surface area (Å²) in [7, 11) is -2.60. The number of nitrogens with zero attached hydrogens (tertiary/aromatic N) is 2. The van der Waals surface area contributed by atoms with E-state index in [-0.39, 0.29) is 25.7 Å². The summed E-state index contributed by atoms with van der Waals surface area (Å²) >= 11 is 0. The van der Waals surface area contributed by atoms with Crippen LogP contribution in [0.3, 0.4) is 0 Å². The van der Waals surface area contributed by atoms with Crippen molar-refractivity contribution in [3.8, 4) is 0 Å².